The molecule has 2 aliphatic heterocycles. The van der Waals surface area contributed by atoms with E-state index in [2.05, 4.69) is 25.6 Å². The number of carbonyl (C=O) groups is 3. The summed E-state index contributed by atoms with van der Waals surface area (Å²) >= 11 is 0. The minimum absolute atomic E-state index is 0.208. The fourth-order valence-electron chi connectivity index (χ4n) is 3.85. The van der Waals surface area contributed by atoms with Gasteiger partial charge in [-0.05, 0) is 18.6 Å². The van der Waals surface area contributed by atoms with Crippen molar-refractivity contribution in [3.05, 3.63) is 47.9 Å². The quantitative estimate of drug-likeness (QED) is 0.605. The van der Waals surface area contributed by atoms with Crippen molar-refractivity contribution < 1.29 is 19.1 Å². The molecule has 2 aliphatic rings. The van der Waals surface area contributed by atoms with Crippen LogP contribution in [-0.4, -0.2) is 60.7 Å². The fourth-order valence-corrected chi connectivity index (χ4v) is 3.85. The molecular formula is C20H17N7O4. The van der Waals surface area contributed by atoms with Gasteiger partial charge < -0.3 is 9.64 Å². The molecule has 5 rings (SSSR count). The van der Waals surface area contributed by atoms with Crippen LogP contribution in [-0.2, 0) is 16.1 Å². The third-order valence-corrected chi connectivity index (χ3v) is 5.40. The number of piperidine rings is 1. The van der Waals surface area contributed by atoms with Crippen molar-refractivity contribution in [1.29, 1.82) is 0 Å². The van der Waals surface area contributed by atoms with E-state index in [-0.39, 0.29) is 30.8 Å². The Morgan fingerprint density at radius 3 is 2.71 bits per heavy atom. The van der Waals surface area contributed by atoms with Gasteiger partial charge in [0.25, 0.3) is 5.91 Å². The summed E-state index contributed by atoms with van der Waals surface area (Å²) in [4.78, 5) is 46.4. The monoisotopic (exact) mass is 419 g/mol. The number of amides is 3. The van der Waals surface area contributed by atoms with Gasteiger partial charge in [0.05, 0.1) is 19.0 Å². The topological polar surface area (TPSA) is 132 Å². The lowest BCUT2D eigenvalue weighted by Crippen LogP contribution is -2.52. The molecule has 0 spiro atoms. The normalized spacial score (nSPS) is 18.2. The number of aromatic nitrogens is 5. The van der Waals surface area contributed by atoms with Crippen LogP contribution in [0, 0.1) is 0 Å². The summed E-state index contributed by atoms with van der Waals surface area (Å²) in [5, 5.41) is 10.7. The Labute approximate surface area is 176 Å². The Bertz CT molecular complexity index is 1200. The van der Waals surface area contributed by atoms with Crippen molar-refractivity contribution >= 4 is 17.7 Å². The Morgan fingerprint density at radius 2 is 1.97 bits per heavy atom. The predicted molar refractivity (Wildman–Crippen MR) is 105 cm³/mol. The van der Waals surface area contributed by atoms with E-state index in [1.165, 1.54) is 12.0 Å². The first kappa shape index (κ1) is 18.9. The maximum absolute atomic E-state index is 13.0. The summed E-state index contributed by atoms with van der Waals surface area (Å²) in [5.41, 5.74) is 3.17. The smallest absolute Gasteiger partial charge is 0.316 e. The molecule has 0 aliphatic carbocycles. The number of nitrogens with zero attached hydrogens (tertiary/aromatic N) is 6. The van der Waals surface area contributed by atoms with Crippen LogP contribution in [0.4, 0.5) is 0 Å². The minimum Gasteiger partial charge on any atom is -0.467 e. The van der Waals surface area contributed by atoms with Gasteiger partial charge in [-0.1, -0.05) is 11.3 Å². The lowest BCUT2D eigenvalue weighted by Gasteiger charge is -2.29. The average molecular weight is 419 g/mol. The molecule has 0 radical (unpaired) electrons. The summed E-state index contributed by atoms with van der Waals surface area (Å²) in [6, 6.07) is 4.90. The second-order valence-corrected chi connectivity index (χ2v) is 7.21. The molecule has 1 fully saturated rings. The molecule has 156 valence electrons. The fraction of sp³-hybridized carbons (Fsp3) is 0.250. The third kappa shape index (κ3) is 3.19. The van der Waals surface area contributed by atoms with Crippen molar-refractivity contribution in [1.82, 2.24) is 35.2 Å². The lowest BCUT2D eigenvalue weighted by atomic mass is 10.0. The summed E-state index contributed by atoms with van der Waals surface area (Å²) in [7, 11) is 1.49. The predicted octanol–water partition coefficient (Wildman–Crippen LogP) is 0.494. The zero-order valence-electron chi connectivity index (χ0n) is 16.5. The largest absolute Gasteiger partial charge is 0.467 e. The van der Waals surface area contributed by atoms with Crippen LogP contribution in [0.2, 0.25) is 0 Å². The van der Waals surface area contributed by atoms with E-state index in [0.29, 0.717) is 28.9 Å². The number of nitrogens with one attached hydrogen (secondary N) is 1. The van der Waals surface area contributed by atoms with Crippen molar-refractivity contribution in [2.75, 3.05) is 7.11 Å². The Balaban J connectivity index is 1.45. The number of hydrogen-bond donors (Lipinski definition) is 1. The molecule has 4 heterocycles. The number of ether oxygens (including phenoxy) is 1. The van der Waals surface area contributed by atoms with Crippen LogP contribution in [0.15, 0.2) is 36.8 Å². The average Bonchev–Trinajstić information content (AvgIpc) is 3.39. The van der Waals surface area contributed by atoms with Crippen LogP contribution in [0.3, 0.4) is 0 Å². The summed E-state index contributed by atoms with van der Waals surface area (Å²) < 4.78 is 6.55. The second kappa shape index (κ2) is 7.27. The number of hydrogen-bond acceptors (Lipinski definition) is 8. The highest BCUT2D eigenvalue weighted by Gasteiger charge is 2.40. The van der Waals surface area contributed by atoms with Gasteiger partial charge in [0, 0.05) is 42.0 Å². The first-order valence-electron chi connectivity index (χ1n) is 9.61. The standard InChI is InChI=1S/C20H17N7O4/c1-31-20-21-7-11(8-22-20)14-10-27(25-24-14)15-4-2-3-12-13(15)9-26(19(12)30)16-5-6-17(28)23-18(16)29/h2-4,7-8,10,16H,5-6,9H2,1H3,(H,23,28,29). The van der Waals surface area contributed by atoms with E-state index in [0.717, 1.165) is 5.56 Å². The molecule has 1 atom stereocenters. The number of carbonyl (C=O) groups excluding carboxylic acids is 3. The van der Waals surface area contributed by atoms with E-state index in [4.69, 9.17) is 4.74 Å². The SMILES string of the molecule is COc1ncc(-c2cn(-c3cccc4c3CN(C3CCC(=O)NC3=O)C4=O)nn2)cn1. The molecule has 31 heavy (non-hydrogen) atoms. The number of rotatable bonds is 4. The molecule has 1 aromatic carbocycles. The first-order chi connectivity index (χ1) is 15.0. The van der Waals surface area contributed by atoms with E-state index in [9.17, 15) is 14.4 Å². The highest BCUT2D eigenvalue weighted by molar-refractivity contribution is 6.05. The molecule has 3 aromatic rings. The highest BCUT2D eigenvalue weighted by Crippen LogP contribution is 2.31. The summed E-state index contributed by atoms with van der Waals surface area (Å²) in [6.45, 7) is 0.247. The lowest BCUT2D eigenvalue weighted by molar-refractivity contribution is -0.136. The van der Waals surface area contributed by atoms with Gasteiger partial charge in [-0.2, -0.15) is 0 Å². The maximum Gasteiger partial charge on any atom is 0.316 e. The molecule has 0 saturated carbocycles. The molecule has 2 aromatic heterocycles. The van der Waals surface area contributed by atoms with E-state index in [1.807, 2.05) is 6.07 Å². The van der Waals surface area contributed by atoms with Crippen LogP contribution in [0.5, 0.6) is 6.01 Å². The van der Waals surface area contributed by atoms with E-state index in [1.54, 1.807) is 35.4 Å². The zero-order chi connectivity index (χ0) is 21.5. The summed E-state index contributed by atoms with van der Waals surface area (Å²) in [5.74, 6) is -1.000. The van der Waals surface area contributed by atoms with Crippen molar-refractivity contribution in [3.63, 3.8) is 0 Å². The number of imide groups is 1. The second-order valence-electron chi connectivity index (χ2n) is 7.21. The maximum atomic E-state index is 13.0. The zero-order valence-corrected chi connectivity index (χ0v) is 16.5. The Morgan fingerprint density at radius 1 is 1.16 bits per heavy atom. The van der Waals surface area contributed by atoms with E-state index >= 15 is 0 Å². The molecule has 3 amide bonds. The molecule has 11 nitrogen and oxygen atoms in total. The summed E-state index contributed by atoms with van der Waals surface area (Å²) in [6.07, 6.45) is 5.41. The molecule has 11 heteroatoms. The van der Waals surface area contributed by atoms with Gasteiger partial charge in [-0.3, -0.25) is 19.7 Å². The highest BCUT2D eigenvalue weighted by atomic mass is 16.5. The van der Waals surface area contributed by atoms with Gasteiger partial charge >= 0.3 is 6.01 Å². The van der Waals surface area contributed by atoms with Crippen molar-refractivity contribution in [2.24, 2.45) is 0 Å². The van der Waals surface area contributed by atoms with Gasteiger partial charge in [0.15, 0.2) is 0 Å². The molecule has 1 saturated heterocycles. The van der Waals surface area contributed by atoms with Crippen LogP contribution >= 0.6 is 0 Å². The number of benzene rings is 1. The van der Waals surface area contributed by atoms with Gasteiger partial charge in [-0.15, -0.1) is 5.10 Å². The van der Waals surface area contributed by atoms with Crippen LogP contribution in [0.1, 0.15) is 28.8 Å². The molecule has 0 bridgehead atoms. The van der Waals surface area contributed by atoms with Crippen LogP contribution in [0.25, 0.3) is 16.9 Å². The number of methoxy groups -OCH3 is 1. The molecule has 1 N–H and O–H groups in total. The third-order valence-electron chi connectivity index (χ3n) is 5.40. The van der Waals surface area contributed by atoms with Gasteiger partial charge in [0.2, 0.25) is 11.8 Å². The Kier molecular flexibility index (Phi) is 4.42. The van der Waals surface area contributed by atoms with Crippen molar-refractivity contribution in [3.8, 4) is 23.0 Å². The van der Waals surface area contributed by atoms with Crippen LogP contribution < -0.4 is 10.1 Å². The molecular weight excluding hydrogens is 402 g/mol. The van der Waals surface area contributed by atoms with E-state index < -0.39 is 11.9 Å². The number of fused-ring (bicyclic) bond motifs is 1. The minimum atomic E-state index is -0.673. The first-order valence-corrected chi connectivity index (χ1v) is 9.61. The molecule has 1 unspecified atom stereocenters. The Hall–Kier alpha value is -4.15. The van der Waals surface area contributed by atoms with Crippen molar-refractivity contribution in [2.45, 2.75) is 25.4 Å². The van der Waals surface area contributed by atoms with Gasteiger partial charge in [-0.25, -0.2) is 14.6 Å². The van der Waals surface area contributed by atoms with Gasteiger partial charge in [0.1, 0.15) is 11.7 Å².